The lowest BCUT2D eigenvalue weighted by molar-refractivity contribution is 0.617. The molecule has 0 N–H and O–H groups in total. The maximum absolute atomic E-state index is 5.89. The Balaban J connectivity index is 2.26. The number of benzene rings is 2. The van der Waals surface area contributed by atoms with Gasteiger partial charge in [0.2, 0.25) is 5.89 Å². The van der Waals surface area contributed by atoms with Crippen LogP contribution in [0.2, 0.25) is 0 Å². The van der Waals surface area contributed by atoms with Gasteiger partial charge < -0.3 is 4.42 Å². The maximum atomic E-state index is 5.89. The molecule has 1 aromatic heterocycles. The molecule has 0 radical (unpaired) electrons. The molecule has 18 heavy (non-hydrogen) atoms. The Labute approximate surface area is 114 Å². The molecule has 0 saturated heterocycles. The summed E-state index contributed by atoms with van der Waals surface area (Å²) < 4.78 is 6.91. The molecule has 2 nitrogen and oxygen atoms in total. The minimum atomic E-state index is 0.685. The highest BCUT2D eigenvalue weighted by Crippen LogP contribution is 2.30. The zero-order chi connectivity index (χ0) is 12.7. The Bertz CT molecular complexity index is 730. The fraction of sp³-hybridized carbons (Fsp3) is 0.133. The van der Waals surface area contributed by atoms with E-state index in [9.17, 15) is 0 Å². The van der Waals surface area contributed by atoms with Crippen LogP contribution in [0.5, 0.6) is 0 Å². The van der Waals surface area contributed by atoms with Crippen LogP contribution >= 0.6 is 15.9 Å². The van der Waals surface area contributed by atoms with Crippen LogP contribution in [0, 0.1) is 13.8 Å². The van der Waals surface area contributed by atoms with Crippen LogP contribution in [0.25, 0.3) is 22.6 Å². The standard InChI is InChI=1S/C15H12BrNO/c1-9-5-3-4-6-12(9)15-17-13-8-11(16)7-10(2)14(13)18-15/h3-8H,1-2H3. The number of oxazole rings is 1. The quantitative estimate of drug-likeness (QED) is 0.640. The molecule has 0 aliphatic rings. The molecule has 0 bridgehead atoms. The number of nitrogens with zero attached hydrogens (tertiary/aromatic N) is 1. The first-order valence-electron chi connectivity index (χ1n) is 5.78. The predicted molar refractivity (Wildman–Crippen MR) is 76.6 cm³/mol. The number of aromatic nitrogens is 1. The topological polar surface area (TPSA) is 26.0 Å². The summed E-state index contributed by atoms with van der Waals surface area (Å²) in [6, 6.07) is 12.1. The average Bonchev–Trinajstić information content (AvgIpc) is 2.73. The monoisotopic (exact) mass is 301 g/mol. The summed E-state index contributed by atoms with van der Waals surface area (Å²) in [4.78, 5) is 4.57. The van der Waals surface area contributed by atoms with Crippen molar-refractivity contribution in [2.75, 3.05) is 0 Å². The molecule has 0 aliphatic carbocycles. The SMILES string of the molecule is Cc1ccccc1-c1nc2cc(Br)cc(C)c2o1. The van der Waals surface area contributed by atoms with E-state index < -0.39 is 0 Å². The van der Waals surface area contributed by atoms with E-state index in [4.69, 9.17) is 4.42 Å². The van der Waals surface area contributed by atoms with Gasteiger partial charge in [-0.15, -0.1) is 0 Å². The summed E-state index contributed by atoms with van der Waals surface area (Å²) in [5.41, 5.74) is 5.05. The number of halogens is 1. The van der Waals surface area contributed by atoms with Crippen molar-refractivity contribution in [1.82, 2.24) is 4.98 Å². The van der Waals surface area contributed by atoms with Crippen LogP contribution in [0.1, 0.15) is 11.1 Å². The predicted octanol–water partition coefficient (Wildman–Crippen LogP) is 4.87. The molecule has 3 heteroatoms. The Morgan fingerprint density at radius 2 is 1.83 bits per heavy atom. The normalized spacial score (nSPS) is 11.1. The van der Waals surface area contributed by atoms with Gasteiger partial charge in [0.25, 0.3) is 0 Å². The van der Waals surface area contributed by atoms with Gasteiger partial charge >= 0.3 is 0 Å². The summed E-state index contributed by atoms with van der Waals surface area (Å²) in [6.07, 6.45) is 0. The Morgan fingerprint density at radius 1 is 1.06 bits per heavy atom. The van der Waals surface area contributed by atoms with Crippen LogP contribution < -0.4 is 0 Å². The van der Waals surface area contributed by atoms with Gasteiger partial charge in [0.05, 0.1) is 0 Å². The third kappa shape index (κ3) is 1.85. The lowest BCUT2D eigenvalue weighted by atomic mass is 10.1. The van der Waals surface area contributed by atoms with E-state index in [0.717, 1.165) is 26.7 Å². The number of rotatable bonds is 1. The van der Waals surface area contributed by atoms with Crippen molar-refractivity contribution >= 4 is 27.0 Å². The molecule has 0 amide bonds. The van der Waals surface area contributed by atoms with Crippen molar-refractivity contribution in [2.24, 2.45) is 0 Å². The maximum Gasteiger partial charge on any atom is 0.227 e. The molecule has 0 unspecified atom stereocenters. The van der Waals surface area contributed by atoms with Crippen LogP contribution in [-0.4, -0.2) is 4.98 Å². The molecule has 1 heterocycles. The minimum Gasteiger partial charge on any atom is -0.436 e. The van der Waals surface area contributed by atoms with E-state index >= 15 is 0 Å². The van der Waals surface area contributed by atoms with E-state index in [0.29, 0.717) is 5.89 Å². The van der Waals surface area contributed by atoms with Crippen molar-refractivity contribution in [3.63, 3.8) is 0 Å². The molecular formula is C15H12BrNO. The second kappa shape index (κ2) is 4.25. The summed E-state index contributed by atoms with van der Waals surface area (Å²) in [5, 5.41) is 0. The van der Waals surface area contributed by atoms with E-state index in [1.807, 2.05) is 37.3 Å². The summed E-state index contributed by atoms with van der Waals surface area (Å²) in [6.45, 7) is 4.09. The molecule has 0 saturated carbocycles. The summed E-state index contributed by atoms with van der Waals surface area (Å²) in [5.74, 6) is 0.685. The van der Waals surface area contributed by atoms with E-state index in [2.05, 4.69) is 33.9 Å². The number of fused-ring (bicyclic) bond motifs is 1. The fourth-order valence-electron chi connectivity index (χ4n) is 2.08. The average molecular weight is 302 g/mol. The smallest absolute Gasteiger partial charge is 0.227 e. The van der Waals surface area contributed by atoms with Crippen LogP contribution in [0.15, 0.2) is 45.3 Å². The molecule has 0 fully saturated rings. The first kappa shape index (κ1) is 11.5. The van der Waals surface area contributed by atoms with E-state index in [-0.39, 0.29) is 0 Å². The summed E-state index contributed by atoms with van der Waals surface area (Å²) in [7, 11) is 0. The Hall–Kier alpha value is -1.61. The third-order valence-electron chi connectivity index (χ3n) is 3.02. The van der Waals surface area contributed by atoms with Crippen molar-refractivity contribution in [2.45, 2.75) is 13.8 Å². The first-order valence-corrected chi connectivity index (χ1v) is 6.57. The lowest BCUT2D eigenvalue weighted by Crippen LogP contribution is -1.81. The molecule has 2 aromatic carbocycles. The van der Waals surface area contributed by atoms with Gasteiger partial charge in [-0.3, -0.25) is 0 Å². The van der Waals surface area contributed by atoms with Crippen LogP contribution in [-0.2, 0) is 0 Å². The zero-order valence-electron chi connectivity index (χ0n) is 10.2. The molecule has 0 aliphatic heterocycles. The second-order valence-corrected chi connectivity index (χ2v) is 5.32. The van der Waals surface area contributed by atoms with Crippen LogP contribution in [0.4, 0.5) is 0 Å². The molecular weight excluding hydrogens is 290 g/mol. The van der Waals surface area contributed by atoms with Crippen molar-refractivity contribution in [3.05, 3.63) is 52.0 Å². The molecule has 90 valence electrons. The number of hydrogen-bond donors (Lipinski definition) is 0. The largest absolute Gasteiger partial charge is 0.436 e. The number of hydrogen-bond acceptors (Lipinski definition) is 2. The van der Waals surface area contributed by atoms with Gasteiger partial charge in [-0.25, -0.2) is 4.98 Å². The first-order chi connectivity index (χ1) is 8.65. The Morgan fingerprint density at radius 3 is 2.61 bits per heavy atom. The minimum absolute atomic E-state index is 0.685. The molecule has 0 spiro atoms. The molecule has 3 rings (SSSR count). The third-order valence-corrected chi connectivity index (χ3v) is 3.47. The van der Waals surface area contributed by atoms with Gasteiger partial charge in [-0.2, -0.15) is 0 Å². The van der Waals surface area contributed by atoms with Gasteiger partial charge in [0.15, 0.2) is 5.58 Å². The van der Waals surface area contributed by atoms with Gasteiger partial charge in [-0.1, -0.05) is 34.1 Å². The van der Waals surface area contributed by atoms with Crippen LogP contribution in [0.3, 0.4) is 0 Å². The second-order valence-electron chi connectivity index (χ2n) is 4.40. The van der Waals surface area contributed by atoms with Crippen molar-refractivity contribution in [1.29, 1.82) is 0 Å². The molecule has 0 atom stereocenters. The highest BCUT2D eigenvalue weighted by Gasteiger charge is 2.12. The number of aryl methyl sites for hydroxylation is 2. The zero-order valence-corrected chi connectivity index (χ0v) is 11.8. The summed E-state index contributed by atoms with van der Waals surface area (Å²) >= 11 is 3.48. The lowest BCUT2D eigenvalue weighted by Gasteiger charge is -1.99. The van der Waals surface area contributed by atoms with Crippen molar-refractivity contribution in [3.8, 4) is 11.5 Å². The van der Waals surface area contributed by atoms with Crippen molar-refractivity contribution < 1.29 is 4.42 Å². The Kier molecular flexibility index (Phi) is 2.71. The highest BCUT2D eigenvalue weighted by atomic mass is 79.9. The molecule has 3 aromatic rings. The van der Waals surface area contributed by atoms with E-state index in [1.54, 1.807) is 0 Å². The van der Waals surface area contributed by atoms with Gasteiger partial charge in [-0.05, 0) is 43.2 Å². The van der Waals surface area contributed by atoms with E-state index in [1.165, 1.54) is 5.56 Å². The highest BCUT2D eigenvalue weighted by molar-refractivity contribution is 9.10. The van der Waals surface area contributed by atoms with Gasteiger partial charge in [0, 0.05) is 10.0 Å². The fourth-order valence-corrected chi connectivity index (χ4v) is 2.65. The van der Waals surface area contributed by atoms with Gasteiger partial charge in [0.1, 0.15) is 5.52 Å².